The summed E-state index contributed by atoms with van der Waals surface area (Å²) in [5.74, 6) is 0.617. The summed E-state index contributed by atoms with van der Waals surface area (Å²) in [5, 5.41) is 0. The summed E-state index contributed by atoms with van der Waals surface area (Å²) in [6, 6.07) is 0. The van der Waals surface area contributed by atoms with Gasteiger partial charge in [0.05, 0.1) is 0 Å². The third-order valence-corrected chi connectivity index (χ3v) is 3.43. The highest BCUT2D eigenvalue weighted by Gasteiger charge is 2.23. The minimum atomic E-state index is 0.0558. The van der Waals surface area contributed by atoms with Gasteiger partial charge in [0.25, 0.3) is 5.91 Å². The van der Waals surface area contributed by atoms with E-state index in [0.29, 0.717) is 5.82 Å². The van der Waals surface area contributed by atoms with Crippen molar-refractivity contribution in [1.82, 2.24) is 19.4 Å². The molecule has 2 rings (SSSR count). The number of piperazine rings is 1. The van der Waals surface area contributed by atoms with Crippen LogP contribution in [0.3, 0.4) is 0 Å². The number of aromatic nitrogens is 2. The van der Waals surface area contributed by atoms with E-state index in [1.807, 2.05) is 16.5 Å². The Balaban J connectivity index is 2.11. The van der Waals surface area contributed by atoms with Crippen LogP contribution in [-0.4, -0.2) is 58.5 Å². The second kappa shape index (κ2) is 4.87. The zero-order valence-electron chi connectivity index (χ0n) is 10.8. The summed E-state index contributed by atoms with van der Waals surface area (Å²) < 4.78 is 1.90. The third kappa shape index (κ3) is 2.34. The largest absolute Gasteiger partial charge is 0.333 e. The number of carbonyl (C=O) groups excluding carboxylic acids is 1. The van der Waals surface area contributed by atoms with Crippen LogP contribution in [-0.2, 0) is 13.5 Å². The van der Waals surface area contributed by atoms with Gasteiger partial charge in [0.2, 0.25) is 0 Å². The van der Waals surface area contributed by atoms with Crippen LogP contribution in [0.5, 0.6) is 0 Å². The van der Waals surface area contributed by atoms with Gasteiger partial charge < -0.3 is 14.4 Å². The van der Waals surface area contributed by atoms with Gasteiger partial charge in [-0.05, 0) is 13.5 Å². The number of likely N-dealkylation sites (N-methyl/N-ethyl adjacent to an activating group) is 1. The second-order valence-electron chi connectivity index (χ2n) is 4.58. The molecule has 0 unspecified atom stereocenters. The Kier molecular flexibility index (Phi) is 3.47. The van der Waals surface area contributed by atoms with Crippen LogP contribution in [0.15, 0.2) is 6.20 Å². The van der Waals surface area contributed by atoms with Crippen LogP contribution in [0.2, 0.25) is 0 Å². The number of hydrogen-bond donors (Lipinski definition) is 0. The molecule has 0 aromatic carbocycles. The molecule has 17 heavy (non-hydrogen) atoms. The highest BCUT2D eigenvalue weighted by molar-refractivity contribution is 5.91. The van der Waals surface area contributed by atoms with Gasteiger partial charge >= 0.3 is 0 Å². The maximum Gasteiger partial charge on any atom is 0.289 e. The van der Waals surface area contributed by atoms with Crippen molar-refractivity contribution < 1.29 is 4.79 Å². The van der Waals surface area contributed by atoms with E-state index in [0.717, 1.165) is 38.3 Å². The van der Waals surface area contributed by atoms with Crippen LogP contribution < -0.4 is 0 Å². The average molecular weight is 236 g/mol. The number of nitrogens with zero attached hydrogens (tertiary/aromatic N) is 4. The molecule has 0 radical (unpaired) electrons. The Morgan fingerprint density at radius 2 is 1.94 bits per heavy atom. The van der Waals surface area contributed by atoms with Gasteiger partial charge in [0, 0.05) is 45.1 Å². The molecule has 94 valence electrons. The molecule has 1 amide bonds. The van der Waals surface area contributed by atoms with E-state index < -0.39 is 0 Å². The molecular formula is C12H20N4O. The number of rotatable bonds is 2. The first-order valence-corrected chi connectivity index (χ1v) is 6.12. The van der Waals surface area contributed by atoms with Crippen molar-refractivity contribution in [3.8, 4) is 0 Å². The molecule has 5 nitrogen and oxygen atoms in total. The summed E-state index contributed by atoms with van der Waals surface area (Å²) >= 11 is 0. The maximum atomic E-state index is 12.3. The van der Waals surface area contributed by atoms with Crippen molar-refractivity contribution in [2.24, 2.45) is 7.05 Å². The van der Waals surface area contributed by atoms with E-state index in [2.05, 4.69) is 23.9 Å². The Bertz CT molecular complexity index is 405. The molecule has 1 saturated heterocycles. The lowest BCUT2D eigenvalue weighted by Gasteiger charge is -2.32. The van der Waals surface area contributed by atoms with Gasteiger partial charge in [0.15, 0.2) is 5.82 Å². The molecule has 1 aliphatic rings. The van der Waals surface area contributed by atoms with Crippen LogP contribution in [0.4, 0.5) is 0 Å². The van der Waals surface area contributed by atoms with Crippen molar-refractivity contribution in [2.45, 2.75) is 13.3 Å². The normalized spacial score (nSPS) is 17.5. The first-order chi connectivity index (χ1) is 8.13. The SMILES string of the molecule is CCc1cnc(C(=O)N2CCN(C)CC2)n1C. The quantitative estimate of drug-likeness (QED) is 0.745. The van der Waals surface area contributed by atoms with Gasteiger partial charge in [-0.2, -0.15) is 0 Å². The smallest absolute Gasteiger partial charge is 0.289 e. The fraction of sp³-hybridized carbons (Fsp3) is 0.667. The first kappa shape index (κ1) is 12.1. The monoisotopic (exact) mass is 236 g/mol. The minimum absolute atomic E-state index is 0.0558. The predicted octanol–water partition coefficient (Wildman–Crippen LogP) is 0.370. The summed E-state index contributed by atoms with van der Waals surface area (Å²) in [6.07, 6.45) is 2.70. The van der Waals surface area contributed by atoms with E-state index >= 15 is 0 Å². The molecule has 1 aromatic rings. The minimum Gasteiger partial charge on any atom is -0.333 e. The van der Waals surface area contributed by atoms with Crippen LogP contribution in [0.1, 0.15) is 23.2 Å². The third-order valence-electron chi connectivity index (χ3n) is 3.43. The van der Waals surface area contributed by atoms with Gasteiger partial charge in [-0.1, -0.05) is 6.92 Å². The Labute approximate surface area is 102 Å². The molecule has 5 heteroatoms. The van der Waals surface area contributed by atoms with E-state index in [9.17, 15) is 4.79 Å². The molecule has 0 N–H and O–H groups in total. The van der Waals surface area contributed by atoms with Crippen LogP contribution in [0, 0.1) is 0 Å². The van der Waals surface area contributed by atoms with Crippen molar-refractivity contribution in [3.63, 3.8) is 0 Å². The highest BCUT2D eigenvalue weighted by Crippen LogP contribution is 2.09. The molecular weight excluding hydrogens is 216 g/mol. The standard InChI is InChI=1S/C12H20N4O/c1-4-10-9-13-11(15(10)3)12(17)16-7-5-14(2)6-8-16/h9H,4-8H2,1-3H3. The molecule has 0 saturated carbocycles. The summed E-state index contributed by atoms with van der Waals surface area (Å²) in [4.78, 5) is 20.6. The van der Waals surface area contributed by atoms with E-state index in [4.69, 9.17) is 0 Å². The lowest BCUT2D eigenvalue weighted by atomic mass is 10.3. The molecule has 0 atom stereocenters. The lowest BCUT2D eigenvalue weighted by molar-refractivity contribution is 0.0648. The van der Waals surface area contributed by atoms with E-state index in [1.165, 1.54) is 0 Å². The first-order valence-electron chi connectivity index (χ1n) is 6.12. The second-order valence-corrected chi connectivity index (χ2v) is 4.58. The topological polar surface area (TPSA) is 41.4 Å². The molecule has 1 aromatic heterocycles. The average Bonchev–Trinajstić information content (AvgIpc) is 2.70. The Hall–Kier alpha value is -1.36. The van der Waals surface area contributed by atoms with Crippen LogP contribution in [0.25, 0.3) is 0 Å². The number of amides is 1. The number of aryl methyl sites for hydroxylation is 1. The fourth-order valence-electron chi connectivity index (χ4n) is 2.12. The van der Waals surface area contributed by atoms with Crippen LogP contribution >= 0.6 is 0 Å². The fourth-order valence-corrected chi connectivity index (χ4v) is 2.12. The molecule has 0 aliphatic carbocycles. The predicted molar refractivity (Wildman–Crippen MR) is 66.0 cm³/mol. The molecule has 2 heterocycles. The number of imidazole rings is 1. The van der Waals surface area contributed by atoms with Crippen molar-refractivity contribution in [1.29, 1.82) is 0 Å². The van der Waals surface area contributed by atoms with Crippen molar-refractivity contribution >= 4 is 5.91 Å². The molecule has 1 aliphatic heterocycles. The van der Waals surface area contributed by atoms with Gasteiger partial charge in [-0.15, -0.1) is 0 Å². The Morgan fingerprint density at radius 1 is 1.29 bits per heavy atom. The van der Waals surface area contributed by atoms with E-state index in [-0.39, 0.29) is 5.91 Å². The maximum absolute atomic E-state index is 12.3. The summed E-state index contributed by atoms with van der Waals surface area (Å²) in [6.45, 7) is 5.54. The zero-order chi connectivity index (χ0) is 12.4. The van der Waals surface area contributed by atoms with Crippen molar-refractivity contribution in [2.75, 3.05) is 33.2 Å². The highest BCUT2D eigenvalue weighted by atomic mass is 16.2. The van der Waals surface area contributed by atoms with Gasteiger partial charge in [0.1, 0.15) is 0 Å². The summed E-state index contributed by atoms with van der Waals surface area (Å²) in [7, 11) is 3.99. The van der Waals surface area contributed by atoms with Gasteiger partial charge in [-0.25, -0.2) is 4.98 Å². The molecule has 1 fully saturated rings. The number of carbonyl (C=O) groups is 1. The summed E-state index contributed by atoms with van der Waals surface area (Å²) in [5.41, 5.74) is 1.10. The van der Waals surface area contributed by atoms with Crippen molar-refractivity contribution in [3.05, 3.63) is 17.7 Å². The Morgan fingerprint density at radius 3 is 2.47 bits per heavy atom. The van der Waals surface area contributed by atoms with Gasteiger partial charge in [-0.3, -0.25) is 4.79 Å². The number of hydrogen-bond acceptors (Lipinski definition) is 3. The molecule has 0 spiro atoms. The van der Waals surface area contributed by atoms with E-state index in [1.54, 1.807) is 6.20 Å². The zero-order valence-corrected chi connectivity index (χ0v) is 10.8. The molecule has 0 bridgehead atoms. The lowest BCUT2D eigenvalue weighted by Crippen LogP contribution is -2.47.